The van der Waals surface area contributed by atoms with Crippen LogP contribution in [0.3, 0.4) is 0 Å². The van der Waals surface area contributed by atoms with Crippen LogP contribution < -0.4 is 4.74 Å². The van der Waals surface area contributed by atoms with Gasteiger partial charge < -0.3 is 24.2 Å². The molecule has 0 heterocycles. The van der Waals surface area contributed by atoms with Crippen molar-refractivity contribution in [3.63, 3.8) is 0 Å². The summed E-state index contributed by atoms with van der Waals surface area (Å²) >= 11 is 0. The fraction of sp³-hybridized carbons (Fsp3) is 0.481. The lowest BCUT2D eigenvalue weighted by Gasteiger charge is -2.22. The first-order valence-electron chi connectivity index (χ1n) is 12.3. The molecule has 1 amide bonds. The van der Waals surface area contributed by atoms with Crippen molar-refractivity contribution in [1.29, 1.82) is 0 Å². The Kier molecular flexibility index (Phi) is 12.8. The Morgan fingerprint density at radius 2 is 1.65 bits per heavy atom. The monoisotopic (exact) mass is 525 g/mol. The van der Waals surface area contributed by atoms with Crippen LogP contribution in [0.1, 0.15) is 43.7 Å². The molecule has 1 N–H and O–H groups in total. The van der Waals surface area contributed by atoms with Crippen molar-refractivity contribution in [2.24, 2.45) is 0 Å². The third kappa shape index (κ3) is 12.5. The quantitative estimate of drug-likeness (QED) is 0.277. The van der Waals surface area contributed by atoms with Crippen LogP contribution in [0.15, 0.2) is 54.6 Å². The Balaban J connectivity index is 1.87. The predicted octanol–water partition coefficient (Wildman–Crippen LogP) is 5.86. The highest BCUT2D eigenvalue weighted by Crippen LogP contribution is 2.22. The van der Waals surface area contributed by atoms with E-state index in [0.717, 1.165) is 11.1 Å². The number of benzene rings is 2. The second-order valence-electron chi connectivity index (χ2n) is 8.43. The summed E-state index contributed by atoms with van der Waals surface area (Å²) < 4.78 is 53.5. The summed E-state index contributed by atoms with van der Waals surface area (Å²) in [5, 5.41) is 9.22. The molecule has 0 aromatic heterocycles. The van der Waals surface area contributed by atoms with Gasteiger partial charge >= 0.3 is 18.2 Å². The summed E-state index contributed by atoms with van der Waals surface area (Å²) in [4.78, 5) is 25.3. The molecular formula is C27H34F3NO6. The van der Waals surface area contributed by atoms with Crippen LogP contribution in [0.2, 0.25) is 0 Å². The molecule has 7 nitrogen and oxygen atoms in total. The van der Waals surface area contributed by atoms with Crippen molar-refractivity contribution in [2.75, 3.05) is 26.3 Å². The minimum atomic E-state index is -4.19. The number of hydrogen-bond donors (Lipinski definition) is 1. The van der Waals surface area contributed by atoms with Crippen molar-refractivity contribution in [3.05, 3.63) is 65.7 Å². The first-order chi connectivity index (χ1) is 17.7. The zero-order chi connectivity index (χ0) is 27.1. The van der Waals surface area contributed by atoms with Crippen molar-refractivity contribution in [1.82, 2.24) is 4.90 Å². The average molecular weight is 526 g/mol. The minimum Gasteiger partial charge on any atom is -0.492 e. The van der Waals surface area contributed by atoms with E-state index >= 15 is 0 Å². The number of carboxylic acid groups (broad SMARTS) is 1. The maximum absolute atomic E-state index is 12.6. The number of halogens is 3. The lowest BCUT2D eigenvalue weighted by atomic mass is 10.1. The fourth-order valence-electron chi connectivity index (χ4n) is 3.54. The number of carbonyl (C=O) groups is 2. The summed E-state index contributed by atoms with van der Waals surface area (Å²) in [6, 6.07) is 16.1. The lowest BCUT2D eigenvalue weighted by molar-refractivity contribution is -0.150. The number of carbonyl (C=O) groups excluding carboxylic acids is 1. The maximum Gasteiger partial charge on any atom is 0.410 e. The Morgan fingerprint density at radius 1 is 0.946 bits per heavy atom. The minimum absolute atomic E-state index is 0.00524. The molecule has 0 fully saturated rings. The second kappa shape index (κ2) is 15.8. The number of rotatable bonds is 16. The summed E-state index contributed by atoms with van der Waals surface area (Å²) in [6.07, 6.45) is -5.54. The summed E-state index contributed by atoms with van der Waals surface area (Å²) in [5.74, 6) is -0.491. The van der Waals surface area contributed by atoms with Gasteiger partial charge in [-0.1, -0.05) is 48.9 Å². The van der Waals surface area contributed by atoms with Gasteiger partial charge in [0.2, 0.25) is 0 Å². The molecule has 0 saturated carbocycles. The molecule has 0 saturated heterocycles. The van der Waals surface area contributed by atoms with Gasteiger partial charge in [0.25, 0.3) is 0 Å². The van der Waals surface area contributed by atoms with E-state index in [2.05, 4.69) is 0 Å². The molecule has 0 spiro atoms. The Labute approximate surface area is 215 Å². The van der Waals surface area contributed by atoms with Gasteiger partial charge in [-0.2, -0.15) is 13.2 Å². The van der Waals surface area contributed by atoms with Gasteiger partial charge in [-0.15, -0.1) is 0 Å². The van der Waals surface area contributed by atoms with Gasteiger partial charge in [-0.05, 0) is 43.0 Å². The maximum atomic E-state index is 12.6. The van der Waals surface area contributed by atoms with E-state index < -0.39 is 30.8 Å². The van der Waals surface area contributed by atoms with Gasteiger partial charge in [0.05, 0.1) is 6.54 Å². The van der Waals surface area contributed by atoms with Crippen LogP contribution in [-0.2, 0) is 27.3 Å². The Hall–Kier alpha value is -3.27. The van der Waals surface area contributed by atoms with Crippen molar-refractivity contribution < 1.29 is 42.1 Å². The van der Waals surface area contributed by atoms with E-state index in [4.69, 9.17) is 14.2 Å². The summed E-state index contributed by atoms with van der Waals surface area (Å²) in [6.45, 7) is 2.72. The first-order valence-corrected chi connectivity index (χ1v) is 12.3. The van der Waals surface area contributed by atoms with Gasteiger partial charge in [-0.3, -0.25) is 0 Å². The van der Waals surface area contributed by atoms with E-state index in [0.29, 0.717) is 25.2 Å². The van der Waals surface area contributed by atoms with Crippen LogP contribution in [0.4, 0.5) is 18.0 Å². The van der Waals surface area contributed by atoms with E-state index in [1.165, 1.54) is 4.90 Å². The number of nitrogens with zero attached hydrogens (tertiary/aromatic N) is 1. The van der Waals surface area contributed by atoms with Crippen LogP contribution >= 0.6 is 0 Å². The number of ether oxygens (including phenoxy) is 3. The normalized spacial score (nSPS) is 12.1. The highest BCUT2D eigenvalue weighted by molar-refractivity contribution is 5.72. The van der Waals surface area contributed by atoms with E-state index in [1.54, 1.807) is 31.2 Å². The van der Waals surface area contributed by atoms with Gasteiger partial charge in [0.15, 0.2) is 6.10 Å². The first kappa shape index (κ1) is 30.0. The zero-order valence-electron chi connectivity index (χ0n) is 20.9. The number of amides is 1. The van der Waals surface area contributed by atoms with Crippen LogP contribution in [0.25, 0.3) is 0 Å². The van der Waals surface area contributed by atoms with Crippen LogP contribution in [0.5, 0.6) is 5.75 Å². The average Bonchev–Trinajstić information content (AvgIpc) is 2.86. The molecule has 0 radical (unpaired) electrons. The molecule has 2 rings (SSSR count). The van der Waals surface area contributed by atoms with Gasteiger partial charge in [0, 0.05) is 26.0 Å². The van der Waals surface area contributed by atoms with Crippen molar-refractivity contribution in [3.8, 4) is 5.75 Å². The zero-order valence-corrected chi connectivity index (χ0v) is 20.9. The third-order valence-electron chi connectivity index (χ3n) is 5.47. The molecule has 10 heteroatoms. The second-order valence-corrected chi connectivity index (χ2v) is 8.43. The molecule has 2 aromatic rings. The van der Waals surface area contributed by atoms with Gasteiger partial charge in [-0.25, -0.2) is 9.59 Å². The highest BCUT2D eigenvalue weighted by Gasteiger charge is 2.26. The van der Waals surface area contributed by atoms with Crippen LogP contribution in [-0.4, -0.2) is 60.7 Å². The Bertz CT molecular complexity index is 937. The van der Waals surface area contributed by atoms with Crippen molar-refractivity contribution in [2.45, 2.75) is 57.9 Å². The lowest BCUT2D eigenvalue weighted by Crippen LogP contribution is -2.36. The number of aliphatic carboxylic acids is 1. The number of carboxylic acids is 1. The molecule has 0 aliphatic carbocycles. The summed E-state index contributed by atoms with van der Waals surface area (Å²) in [5.41, 5.74) is 1.60. The largest absolute Gasteiger partial charge is 0.492 e. The van der Waals surface area contributed by atoms with Gasteiger partial charge in [0.1, 0.15) is 19.0 Å². The van der Waals surface area contributed by atoms with Crippen molar-refractivity contribution >= 4 is 12.1 Å². The van der Waals surface area contributed by atoms with E-state index in [-0.39, 0.29) is 39.1 Å². The van der Waals surface area contributed by atoms with E-state index in [1.807, 2.05) is 30.3 Å². The molecule has 0 bridgehead atoms. The third-order valence-corrected chi connectivity index (χ3v) is 5.47. The predicted molar refractivity (Wildman–Crippen MR) is 131 cm³/mol. The number of alkyl halides is 3. The molecule has 0 aliphatic rings. The Morgan fingerprint density at radius 3 is 2.27 bits per heavy atom. The molecular weight excluding hydrogens is 491 g/mol. The fourth-order valence-corrected chi connectivity index (χ4v) is 3.54. The number of unbranched alkanes of at least 4 members (excludes halogenated alkanes) is 2. The molecule has 1 unspecified atom stereocenters. The topological polar surface area (TPSA) is 85.3 Å². The van der Waals surface area contributed by atoms with Crippen LogP contribution in [0, 0.1) is 0 Å². The number of hydrogen-bond acceptors (Lipinski definition) is 5. The summed E-state index contributed by atoms with van der Waals surface area (Å²) in [7, 11) is 0. The molecule has 0 aliphatic heterocycles. The van der Waals surface area contributed by atoms with E-state index in [9.17, 15) is 27.9 Å². The highest BCUT2D eigenvalue weighted by atomic mass is 19.4. The molecule has 1 atom stereocenters. The smallest absolute Gasteiger partial charge is 0.410 e. The molecule has 2 aromatic carbocycles. The molecule has 204 valence electrons. The SMILES string of the molecule is CCOC(Cc1ccc(OCCN(CCCCCC(F)(F)F)C(=O)OCc2ccccc2)cc1)C(=O)O. The standard InChI is InChI=1S/C27H34F3NO6/c1-2-35-24(25(32)33)19-21-11-13-23(14-12-21)36-18-17-31(16-8-4-7-15-27(28,29)30)26(34)37-20-22-9-5-3-6-10-22/h3,5-6,9-14,24H,2,4,7-8,15-20H2,1H3,(H,32,33). The molecule has 37 heavy (non-hydrogen) atoms.